The molecule has 138 valence electrons. The molecule has 1 aromatic rings. The van der Waals surface area contributed by atoms with E-state index in [2.05, 4.69) is 4.98 Å². The van der Waals surface area contributed by atoms with Gasteiger partial charge < -0.3 is 9.64 Å². The average Bonchev–Trinajstić information content (AvgIpc) is 2.83. The van der Waals surface area contributed by atoms with Gasteiger partial charge in [-0.25, -0.2) is 8.42 Å². The molecule has 0 aromatic carbocycles. The maximum Gasteiger partial charge on any atom is 0.255 e. The Bertz CT molecular complexity index is 737. The van der Waals surface area contributed by atoms with Gasteiger partial charge in [0.15, 0.2) is 0 Å². The van der Waals surface area contributed by atoms with E-state index >= 15 is 0 Å². The third-order valence-electron chi connectivity index (χ3n) is 5.13. The van der Waals surface area contributed by atoms with E-state index in [1.54, 1.807) is 28.5 Å². The molecule has 2 saturated heterocycles. The van der Waals surface area contributed by atoms with Gasteiger partial charge in [0.05, 0.1) is 24.5 Å². The highest BCUT2D eigenvalue weighted by atomic mass is 32.2. The van der Waals surface area contributed by atoms with Crippen molar-refractivity contribution in [3.05, 3.63) is 29.6 Å². The molecular formula is C17H25N3O4S. The predicted octanol–water partition coefficient (Wildman–Crippen LogP) is 0.903. The molecule has 0 spiro atoms. The molecule has 2 aliphatic rings. The zero-order chi connectivity index (χ0) is 18.0. The first-order valence-corrected chi connectivity index (χ1v) is 10.3. The van der Waals surface area contributed by atoms with E-state index in [4.69, 9.17) is 4.74 Å². The van der Waals surface area contributed by atoms with Gasteiger partial charge in [0.1, 0.15) is 0 Å². The fourth-order valence-electron chi connectivity index (χ4n) is 3.67. The summed E-state index contributed by atoms with van der Waals surface area (Å²) in [5, 5.41) is 0. The number of likely N-dealkylation sites (tertiary alicyclic amines) is 1. The Kier molecular flexibility index (Phi) is 5.41. The molecule has 0 unspecified atom stereocenters. The van der Waals surface area contributed by atoms with Crippen LogP contribution in [0, 0.1) is 12.8 Å². The van der Waals surface area contributed by atoms with Crippen molar-refractivity contribution >= 4 is 15.9 Å². The number of hydrogen-bond acceptors (Lipinski definition) is 5. The number of carbonyl (C=O) groups excluding carboxylic acids is 1. The van der Waals surface area contributed by atoms with Gasteiger partial charge in [-0.2, -0.15) is 4.31 Å². The number of hydrogen-bond donors (Lipinski definition) is 0. The van der Waals surface area contributed by atoms with Gasteiger partial charge in [0, 0.05) is 44.0 Å². The number of sulfonamides is 1. The molecule has 1 aromatic heterocycles. The summed E-state index contributed by atoms with van der Waals surface area (Å²) < 4.78 is 32.1. The first-order chi connectivity index (χ1) is 11.9. The summed E-state index contributed by atoms with van der Waals surface area (Å²) in [5.41, 5.74) is 1.50. The number of rotatable bonds is 3. The van der Waals surface area contributed by atoms with Gasteiger partial charge in [-0.15, -0.1) is 0 Å². The Morgan fingerprint density at radius 2 is 2.20 bits per heavy atom. The third-order valence-corrected chi connectivity index (χ3v) is 7.03. The minimum absolute atomic E-state index is 0.00139. The summed E-state index contributed by atoms with van der Waals surface area (Å²) >= 11 is 0. The predicted molar refractivity (Wildman–Crippen MR) is 93.8 cm³/mol. The fraction of sp³-hybridized carbons (Fsp3) is 0.647. The number of carbonyl (C=O) groups is 1. The van der Waals surface area contributed by atoms with E-state index in [1.165, 1.54) is 0 Å². The highest BCUT2D eigenvalue weighted by molar-refractivity contribution is 7.89. The number of fused-ring (bicyclic) bond motifs is 1. The lowest BCUT2D eigenvalue weighted by Gasteiger charge is -2.41. The summed E-state index contributed by atoms with van der Waals surface area (Å²) in [6, 6.07) is 1.73. The van der Waals surface area contributed by atoms with Crippen LogP contribution in [0.1, 0.15) is 29.3 Å². The van der Waals surface area contributed by atoms with Crippen molar-refractivity contribution < 1.29 is 17.9 Å². The molecule has 8 heteroatoms. The van der Waals surface area contributed by atoms with Crippen LogP contribution in [0.15, 0.2) is 18.5 Å². The van der Waals surface area contributed by atoms with Crippen LogP contribution in [0.3, 0.4) is 0 Å². The summed E-state index contributed by atoms with van der Waals surface area (Å²) in [6.07, 6.45) is 3.91. The monoisotopic (exact) mass is 367 g/mol. The van der Waals surface area contributed by atoms with Gasteiger partial charge >= 0.3 is 0 Å². The molecule has 0 bridgehead atoms. The summed E-state index contributed by atoms with van der Waals surface area (Å²) in [6.45, 7) is 5.90. The minimum atomic E-state index is -3.27. The second-order valence-electron chi connectivity index (χ2n) is 6.64. The molecule has 0 radical (unpaired) electrons. The topological polar surface area (TPSA) is 79.8 Å². The second kappa shape index (κ2) is 7.39. The van der Waals surface area contributed by atoms with Crippen LogP contribution in [0.2, 0.25) is 0 Å². The van der Waals surface area contributed by atoms with E-state index in [0.717, 1.165) is 5.56 Å². The molecule has 2 aliphatic heterocycles. The Hall–Kier alpha value is -1.51. The van der Waals surface area contributed by atoms with E-state index < -0.39 is 10.0 Å². The SMILES string of the molecule is CCS(=O)(=O)N1CCOC[C@H]2CN(C(=O)c3cnccc3C)CC[C@H]21. The molecule has 3 heterocycles. The number of amides is 1. The van der Waals surface area contributed by atoms with Crippen LogP contribution in [-0.4, -0.2) is 73.2 Å². The van der Waals surface area contributed by atoms with Crippen LogP contribution in [0.4, 0.5) is 0 Å². The molecule has 0 saturated carbocycles. The van der Waals surface area contributed by atoms with Crippen LogP contribution >= 0.6 is 0 Å². The van der Waals surface area contributed by atoms with E-state index in [9.17, 15) is 13.2 Å². The van der Waals surface area contributed by atoms with Gasteiger partial charge in [-0.1, -0.05) is 0 Å². The third kappa shape index (κ3) is 3.70. The zero-order valence-electron chi connectivity index (χ0n) is 14.7. The molecule has 25 heavy (non-hydrogen) atoms. The zero-order valence-corrected chi connectivity index (χ0v) is 15.5. The van der Waals surface area contributed by atoms with Crippen molar-refractivity contribution in [2.75, 3.05) is 38.6 Å². The quantitative estimate of drug-likeness (QED) is 0.793. The van der Waals surface area contributed by atoms with Gasteiger partial charge in [-0.3, -0.25) is 9.78 Å². The lowest BCUT2D eigenvalue weighted by molar-refractivity contribution is 0.0466. The normalized spacial score (nSPS) is 25.3. The number of nitrogens with zero attached hydrogens (tertiary/aromatic N) is 3. The van der Waals surface area contributed by atoms with Crippen LogP contribution in [0.25, 0.3) is 0 Å². The first kappa shape index (κ1) is 18.3. The molecule has 0 N–H and O–H groups in total. The van der Waals surface area contributed by atoms with Crippen molar-refractivity contribution in [3.63, 3.8) is 0 Å². The van der Waals surface area contributed by atoms with Gasteiger partial charge in [0.2, 0.25) is 10.0 Å². The molecule has 7 nitrogen and oxygen atoms in total. The Morgan fingerprint density at radius 3 is 2.92 bits per heavy atom. The summed E-state index contributed by atoms with van der Waals surface area (Å²) in [5.74, 6) is 0.0463. The minimum Gasteiger partial charge on any atom is -0.380 e. The first-order valence-electron chi connectivity index (χ1n) is 8.71. The smallest absolute Gasteiger partial charge is 0.255 e. The van der Waals surface area contributed by atoms with Crippen molar-refractivity contribution in [1.82, 2.24) is 14.2 Å². The maximum atomic E-state index is 12.8. The van der Waals surface area contributed by atoms with Crippen molar-refractivity contribution in [2.24, 2.45) is 5.92 Å². The summed E-state index contributed by atoms with van der Waals surface area (Å²) in [4.78, 5) is 18.7. The molecule has 1 amide bonds. The molecule has 3 rings (SSSR count). The molecule has 0 aliphatic carbocycles. The highest BCUT2D eigenvalue weighted by Crippen LogP contribution is 2.28. The van der Waals surface area contributed by atoms with Crippen LogP contribution < -0.4 is 0 Å². The van der Waals surface area contributed by atoms with Gasteiger partial charge in [-0.05, 0) is 31.9 Å². The highest BCUT2D eigenvalue weighted by Gasteiger charge is 2.41. The second-order valence-corrected chi connectivity index (χ2v) is 8.85. The molecule has 2 fully saturated rings. The lowest BCUT2D eigenvalue weighted by Crippen LogP contribution is -2.54. The molecule has 2 atom stereocenters. The van der Waals surface area contributed by atoms with E-state index in [0.29, 0.717) is 44.8 Å². The molecular weight excluding hydrogens is 342 g/mol. The number of piperidine rings is 1. The van der Waals surface area contributed by atoms with Crippen molar-refractivity contribution in [1.29, 1.82) is 0 Å². The number of aryl methyl sites for hydroxylation is 1. The van der Waals surface area contributed by atoms with Gasteiger partial charge in [0.25, 0.3) is 5.91 Å². The van der Waals surface area contributed by atoms with Crippen molar-refractivity contribution in [2.45, 2.75) is 26.3 Å². The fourth-order valence-corrected chi connectivity index (χ4v) is 5.05. The van der Waals surface area contributed by atoms with E-state index in [1.807, 2.05) is 13.0 Å². The lowest BCUT2D eigenvalue weighted by atomic mass is 9.92. The maximum absolute atomic E-state index is 12.8. The van der Waals surface area contributed by atoms with Crippen LogP contribution in [0.5, 0.6) is 0 Å². The Morgan fingerprint density at radius 1 is 1.40 bits per heavy atom. The van der Waals surface area contributed by atoms with E-state index in [-0.39, 0.29) is 23.6 Å². The van der Waals surface area contributed by atoms with Crippen molar-refractivity contribution in [3.8, 4) is 0 Å². The number of ether oxygens (including phenoxy) is 1. The average molecular weight is 367 g/mol. The Balaban J connectivity index is 1.79. The summed E-state index contributed by atoms with van der Waals surface area (Å²) in [7, 11) is -3.27. The largest absolute Gasteiger partial charge is 0.380 e. The number of aromatic nitrogens is 1. The van der Waals surface area contributed by atoms with Crippen LogP contribution in [-0.2, 0) is 14.8 Å². The Labute approximate surface area is 149 Å². The standard InChI is InChI=1S/C17H25N3O4S/c1-3-25(22,23)20-8-9-24-12-14-11-19(7-5-16(14)20)17(21)15-10-18-6-4-13(15)2/h4,6,10,14,16H,3,5,7-9,11-12H2,1-2H3/t14-,16-/m1/s1. The number of pyridine rings is 1.